The van der Waals surface area contributed by atoms with Gasteiger partial charge in [0, 0.05) is 32.1 Å². The summed E-state index contributed by atoms with van der Waals surface area (Å²) in [4.78, 5) is 4.65. The number of hydrogen-bond acceptors (Lipinski definition) is 2. The lowest BCUT2D eigenvalue weighted by Crippen LogP contribution is -2.06. The summed E-state index contributed by atoms with van der Waals surface area (Å²) in [5.41, 5.74) is 3.12. The maximum Gasteiger partial charge on any atom is 0.111 e. The molecule has 0 saturated heterocycles. The van der Waals surface area contributed by atoms with E-state index in [9.17, 15) is 0 Å². The van der Waals surface area contributed by atoms with Crippen LogP contribution in [0.5, 0.6) is 0 Å². The van der Waals surface area contributed by atoms with Crippen molar-refractivity contribution in [1.82, 2.24) is 19.3 Å². The van der Waals surface area contributed by atoms with Crippen molar-refractivity contribution in [3.8, 4) is 0 Å². The number of alkyl halides is 1. The van der Waals surface area contributed by atoms with E-state index >= 15 is 0 Å². The molecule has 6 heteroatoms. The van der Waals surface area contributed by atoms with Crippen LogP contribution < -0.4 is 0 Å². The van der Waals surface area contributed by atoms with Crippen LogP contribution in [0.15, 0.2) is 30.6 Å². The zero-order valence-electron chi connectivity index (χ0n) is 11.8. The second kappa shape index (κ2) is 6.08. The molecular formula is C15H16Cl2N4. The predicted octanol–water partition coefficient (Wildman–Crippen LogP) is 3.45. The first-order valence-electron chi connectivity index (χ1n) is 6.86. The first kappa shape index (κ1) is 14.4. The third kappa shape index (κ3) is 2.92. The molecule has 3 rings (SSSR count). The van der Waals surface area contributed by atoms with Crippen LogP contribution in [-0.4, -0.2) is 25.2 Å². The van der Waals surface area contributed by atoms with Gasteiger partial charge in [0.1, 0.15) is 11.3 Å². The predicted molar refractivity (Wildman–Crippen MR) is 86.1 cm³/mol. The molecule has 0 saturated carbocycles. The van der Waals surface area contributed by atoms with Gasteiger partial charge in [-0.25, -0.2) is 4.98 Å². The Labute approximate surface area is 133 Å². The molecule has 0 spiro atoms. The van der Waals surface area contributed by atoms with E-state index in [4.69, 9.17) is 23.2 Å². The maximum absolute atomic E-state index is 6.24. The third-order valence-electron chi connectivity index (χ3n) is 3.51. The van der Waals surface area contributed by atoms with Crippen molar-refractivity contribution in [3.05, 3.63) is 47.0 Å². The summed E-state index contributed by atoms with van der Waals surface area (Å²) in [6.07, 6.45) is 5.57. The highest BCUT2D eigenvalue weighted by atomic mass is 35.5. The molecule has 110 valence electrons. The number of rotatable bonds is 5. The van der Waals surface area contributed by atoms with Crippen LogP contribution in [0.2, 0.25) is 5.02 Å². The fourth-order valence-electron chi connectivity index (χ4n) is 2.53. The molecule has 3 aromatic rings. The molecule has 0 aliphatic carbocycles. The van der Waals surface area contributed by atoms with Gasteiger partial charge in [0.15, 0.2) is 0 Å². The number of hydrogen-bond donors (Lipinski definition) is 0. The number of nitrogens with zero attached hydrogens (tertiary/aromatic N) is 4. The molecule has 0 radical (unpaired) electrons. The van der Waals surface area contributed by atoms with Gasteiger partial charge in [-0.2, -0.15) is 5.10 Å². The van der Waals surface area contributed by atoms with Gasteiger partial charge in [-0.15, -0.1) is 11.6 Å². The number of imidazole rings is 1. The average molecular weight is 323 g/mol. The lowest BCUT2D eigenvalue weighted by molar-refractivity contribution is 0.674. The highest BCUT2D eigenvalue weighted by Crippen LogP contribution is 2.24. The first-order chi connectivity index (χ1) is 10.2. The molecule has 0 fully saturated rings. The molecule has 0 atom stereocenters. The SMILES string of the molecule is Cn1cc(CCn2c(CCCl)nc3c(Cl)cccc32)cn1. The van der Waals surface area contributed by atoms with Crippen molar-refractivity contribution in [2.24, 2.45) is 7.05 Å². The van der Waals surface area contributed by atoms with Gasteiger partial charge in [-0.05, 0) is 24.1 Å². The van der Waals surface area contributed by atoms with Gasteiger partial charge in [0.2, 0.25) is 0 Å². The fraction of sp³-hybridized carbons (Fsp3) is 0.333. The Hall–Kier alpha value is -1.52. The summed E-state index contributed by atoms with van der Waals surface area (Å²) in [6, 6.07) is 5.87. The van der Waals surface area contributed by atoms with Crippen LogP contribution in [0.25, 0.3) is 11.0 Å². The number of halogens is 2. The van der Waals surface area contributed by atoms with Crippen LogP contribution in [0.1, 0.15) is 11.4 Å². The zero-order chi connectivity index (χ0) is 14.8. The van der Waals surface area contributed by atoms with Crippen LogP contribution in [0, 0.1) is 0 Å². The fourth-order valence-corrected chi connectivity index (χ4v) is 2.91. The van der Waals surface area contributed by atoms with Crippen LogP contribution >= 0.6 is 23.2 Å². The highest BCUT2D eigenvalue weighted by Gasteiger charge is 2.12. The van der Waals surface area contributed by atoms with Crippen LogP contribution in [-0.2, 0) is 26.4 Å². The van der Waals surface area contributed by atoms with Gasteiger partial charge in [-0.1, -0.05) is 17.7 Å². The van der Waals surface area contributed by atoms with Crippen molar-refractivity contribution in [2.45, 2.75) is 19.4 Å². The second-order valence-corrected chi connectivity index (χ2v) is 5.78. The largest absolute Gasteiger partial charge is 0.328 e. The third-order valence-corrected chi connectivity index (χ3v) is 4.00. The monoisotopic (exact) mass is 322 g/mol. The first-order valence-corrected chi connectivity index (χ1v) is 7.77. The molecule has 0 bridgehead atoms. The van der Waals surface area contributed by atoms with Gasteiger partial charge < -0.3 is 4.57 Å². The van der Waals surface area contributed by atoms with Crippen LogP contribution in [0.4, 0.5) is 0 Å². The summed E-state index contributed by atoms with van der Waals surface area (Å²) >= 11 is 12.1. The molecule has 1 aromatic carbocycles. The van der Waals surface area contributed by atoms with Gasteiger partial charge in [0.25, 0.3) is 0 Å². The molecule has 2 heterocycles. The van der Waals surface area contributed by atoms with Gasteiger partial charge in [-0.3, -0.25) is 4.68 Å². The molecule has 21 heavy (non-hydrogen) atoms. The number of fused-ring (bicyclic) bond motifs is 1. The summed E-state index contributed by atoms with van der Waals surface area (Å²) < 4.78 is 4.02. The molecular weight excluding hydrogens is 307 g/mol. The Kier molecular flexibility index (Phi) is 4.17. The Morgan fingerprint density at radius 1 is 1.24 bits per heavy atom. The van der Waals surface area contributed by atoms with E-state index in [1.807, 2.05) is 36.3 Å². The number of benzene rings is 1. The molecule has 0 N–H and O–H groups in total. The molecule has 0 aliphatic heterocycles. The number of aromatic nitrogens is 4. The van der Waals surface area contributed by atoms with Gasteiger partial charge >= 0.3 is 0 Å². The Morgan fingerprint density at radius 3 is 2.81 bits per heavy atom. The standard InChI is InChI=1S/C15H16Cl2N4/c1-20-10-11(9-18-20)6-8-21-13-4-2-3-12(17)15(13)19-14(21)5-7-16/h2-4,9-10H,5-8H2,1H3. The maximum atomic E-state index is 6.24. The molecule has 2 aromatic heterocycles. The average Bonchev–Trinajstić information content (AvgIpc) is 3.02. The van der Waals surface area contributed by atoms with Gasteiger partial charge in [0.05, 0.1) is 16.7 Å². The zero-order valence-corrected chi connectivity index (χ0v) is 13.3. The summed E-state index contributed by atoms with van der Waals surface area (Å²) in [6.45, 7) is 0.842. The van der Waals surface area contributed by atoms with Crippen molar-refractivity contribution in [3.63, 3.8) is 0 Å². The summed E-state index contributed by atoms with van der Waals surface area (Å²) in [7, 11) is 1.93. The Morgan fingerprint density at radius 2 is 2.10 bits per heavy atom. The molecule has 0 amide bonds. The van der Waals surface area contributed by atoms with E-state index in [1.54, 1.807) is 0 Å². The van der Waals surface area contributed by atoms with E-state index < -0.39 is 0 Å². The van der Waals surface area contributed by atoms with Crippen molar-refractivity contribution in [1.29, 1.82) is 0 Å². The summed E-state index contributed by atoms with van der Waals surface area (Å²) in [5.74, 6) is 1.53. The lowest BCUT2D eigenvalue weighted by Gasteiger charge is -2.07. The molecule has 4 nitrogen and oxygen atoms in total. The van der Waals surface area contributed by atoms with Crippen molar-refractivity contribution >= 4 is 34.2 Å². The minimum absolute atomic E-state index is 0.549. The Bertz CT molecular complexity index is 760. The van der Waals surface area contributed by atoms with E-state index in [0.29, 0.717) is 10.9 Å². The van der Waals surface area contributed by atoms with E-state index in [2.05, 4.69) is 20.7 Å². The normalized spacial score (nSPS) is 11.4. The topological polar surface area (TPSA) is 35.6 Å². The van der Waals surface area contributed by atoms with Crippen molar-refractivity contribution in [2.75, 3.05) is 5.88 Å². The lowest BCUT2D eigenvalue weighted by atomic mass is 10.2. The minimum Gasteiger partial charge on any atom is -0.328 e. The number of aryl methyl sites for hydroxylation is 4. The van der Waals surface area contributed by atoms with E-state index in [0.717, 1.165) is 36.2 Å². The second-order valence-electron chi connectivity index (χ2n) is 5.00. The summed E-state index contributed by atoms with van der Waals surface area (Å²) in [5, 5.41) is 4.89. The number of para-hydroxylation sites is 1. The van der Waals surface area contributed by atoms with E-state index in [1.165, 1.54) is 5.56 Å². The molecule has 0 unspecified atom stereocenters. The quantitative estimate of drug-likeness (QED) is 0.674. The van der Waals surface area contributed by atoms with Crippen LogP contribution in [0.3, 0.4) is 0 Å². The Balaban J connectivity index is 1.95. The van der Waals surface area contributed by atoms with Crippen molar-refractivity contribution < 1.29 is 0 Å². The van der Waals surface area contributed by atoms with E-state index in [-0.39, 0.29) is 0 Å². The minimum atomic E-state index is 0.549. The smallest absolute Gasteiger partial charge is 0.111 e. The molecule has 0 aliphatic rings. The highest BCUT2D eigenvalue weighted by molar-refractivity contribution is 6.34.